The van der Waals surface area contributed by atoms with Crippen molar-refractivity contribution in [1.29, 1.82) is 0 Å². The van der Waals surface area contributed by atoms with Crippen LogP contribution in [0.3, 0.4) is 0 Å². The Morgan fingerprint density at radius 3 is 2.50 bits per heavy atom. The van der Waals surface area contributed by atoms with Crippen molar-refractivity contribution in [3.05, 3.63) is 24.2 Å². The minimum Gasteiger partial charge on any atom is -0.472 e. The molecule has 0 radical (unpaired) electrons. The van der Waals surface area contributed by atoms with E-state index < -0.39 is 33.4 Å². The Hall–Kier alpha value is -2.15. The van der Waals surface area contributed by atoms with Crippen molar-refractivity contribution in [2.75, 3.05) is 6.61 Å². The van der Waals surface area contributed by atoms with Crippen molar-refractivity contribution in [3.63, 3.8) is 0 Å². The number of rotatable bonds is 2. The second kappa shape index (κ2) is 7.24. The first kappa shape index (κ1) is 24.2. The van der Waals surface area contributed by atoms with E-state index in [1.807, 2.05) is 6.07 Å². The molecule has 0 bridgehead atoms. The van der Waals surface area contributed by atoms with Crippen molar-refractivity contribution >= 4 is 17.7 Å². The van der Waals surface area contributed by atoms with Gasteiger partial charge in [0.2, 0.25) is 0 Å². The molecule has 1 spiro atoms. The number of ketones is 1. The number of Topliss-reactive ketones (excluding diaryl/α,β-unsaturated/α-hetero) is 1. The number of cyclic esters (lactones) is 1. The molecule has 3 heterocycles. The van der Waals surface area contributed by atoms with Gasteiger partial charge in [0.05, 0.1) is 30.7 Å². The van der Waals surface area contributed by atoms with Crippen LogP contribution in [-0.2, 0) is 28.6 Å². The molecule has 36 heavy (non-hydrogen) atoms. The van der Waals surface area contributed by atoms with Gasteiger partial charge in [0.25, 0.3) is 0 Å². The van der Waals surface area contributed by atoms with Gasteiger partial charge in [-0.05, 0) is 45.1 Å². The molecule has 7 heteroatoms. The summed E-state index contributed by atoms with van der Waals surface area (Å²) in [5, 5.41) is 0. The van der Waals surface area contributed by atoms with Crippen molar-refractivity contribution in [2.45, 2.75) is 91.5 Å². The van der Waals surface area contributed by atoms with Crippen molar-refractivity contribution < 1.29 is 33.0 Å². The van der Waals surface area contributed by atoms with Crippen LogP contribution in [0.1, 0.15) is 85.3 Å². The molecule has 1 aromatic heterocycles. The first-order chi connectivity index (χ1) is 16.8. The van der Waals surface area contributed by atoms with Crippen LogP contribution in [0, 0.1) is 39.4 Å². The zero-order valence-corrected chi connectivity index (χ0v) is 22.2. The van der Waals surface area contributed by atoms with E-state index in [1.54, 1.807) is 12.5 Å². The van der Waals surface area contributed by atoms with Gasteiger partial charge in [-0.15, -0.1) is 0 Å². The second-order valence-corrected chi connectivity index (χ2v) is 13.2. The number of hydrogen-bond acceptors (Lipinski definition) is 7. The highest BCUT2D eigenvalue weighted by molar-refractivity contribution is 5.91. The van der Waals surface area contributed by atoms with Gasteiger partial charge in [-0.25, -0.2) is 0 Å². The van der Waals surface area contributed by atoms with Gasteiger partial charge in [0, 0.05) is 52.9 Å². The molecule has 3 saturated carbocycles. The lowest BCUT2D eigenvalue weighted by atomic mass is 9.36. The van der Waals surface area contributed by atoms with Gasteiger partial charge < -0.3 is 18.6 Å². The number of esters is 2. The predicted octanol–water partition coefficient (Wildman–Crippen LogP) is 5.03. The Morgan fingerprint density at radius 2 is 1.83 bits per heavy atom. The van der Waals surface area contributed by atoms with Crippen LogP contribution in [-0.4, -0.2) is 36.0 Å². The summed E-state index contributed by atoms with van der Waals surface area (Å²) in [6, 6.07) is 1.87. The summed E-state index contributed by atoms with van der Waals surface area (Å²) in [6.45, 7) is 12.6. The monoisotopic (exact) mass is 498 g/mol. The number of fused-ring (bicyclic) bond motifs is 3. The van der Waals surface area contributed by atoms with Crippen LogP contribution >= 0.6 is 0 Å². The average Bonchev–Trinajstić information content (AvgIpc) is 3.39. The molecule has 0 aromatic carbocycles. The van der Waals surface area contributed by atoms with Crippen molar-refractivity contribution in [1.82, 2.24) is 0 Å². The van der Waals surface area contributed by atoms with Crippen LogP contribution in [0.15, 0.2) is 23.0 Å². The Morgan fingerprint density at radius 1 is 1.08 bits per heavy atom. The van der Waals surface area contributed by atoms with Crippen LogP contribution in [0.4, 0.5) is 0 Å². The third-order valence-electron chi connectivity index (χ3n) is 11.7. The van der Waals surface area contributed by atoms with E-state index in [1.165, 1.54) is 6.92 Å². The topological polar surface area (TPSA) is 92.0 Å². The van der Waals surface area contributed by atoms with Gasteiger partial charge >= 0.3 is 11.9 Å². The number of hydrogen-bond donors (Lipinski definition) is 0. The first-order valence-corrected chi connectivity index (χ1v) is 13.4. The Kier molecular flexibility index (Phi) is 4.87. The minimum absolute atomic E-state index is 0.0458. The molecule has 6 rings (SSSR count). The van der Waals surface area contributed by atoms with Crippen molar-refractivity contribution in [3.8, 4) is 0 Å². The van der Waals surface area contributed by atoms with Crippen LogP contribution in [0.25, 0.3) is 0 Å². The molecule has 5 aliphatic rings. The maximum atomic E-state index is 14.5. The predicted molar refractivity (Wildman–Crippen MR) is 128 cm³/mol. The molecule has 196 valence electrons. The lowest BCUT2D eigenvalue weighted by molar-refractivity contribution is -0.246. The average molecular weight is 499 g/mol. The van der Waals surface area contributed by atoms with Gasteiger partial charge in [-0.1, -0.05) is 20.8 Å². The molecule has 0 N–H and O–H groups in total. The normalized spacial score (nSPS) is 48.9. The molecule has 9 atom stereocenters. The zero-order valence-electron chi connectivity index (χ0n) is 22.2. The third-order valence-corrected chi connectivity index (χ3v) is 11.7. The summed E-state index contributed by atoms with van der Waals surface area (Å²) in [7, 11) is 0. The molecule has 0 amide bonds. The molecular weight excluding hydrogens is 460 g/mol. The van der Waals surface area contributed by atoms with Crippen LogP contribution in [0.5, 0.6) is 0 Å². The number of ether oxygens (including phenoxy) is 3. The smallest absolute Gasteiger partial charge is 0.310 e. The zero-order chi connectivity index (χ0) is 25.9. The third kappa shape index (κ3) is 2.66. The summed E-state index contributed by atoms with van der Waals surface area (Å²) in [5.41, 5.74) is -1.78. The summed E-state index contributed by atoms with van der Waals surface area (Å²) in [6.07, 6.45) is 5.70. The summed E-state index contributed by atoms with van der Waals surface area (Å²) in [5.74, 6) is -0.727. The van der Waals surface area contributed by atoms with Gasteiger partial charge in [0.15, 0.2) is 0 Å². The molecule has 2 aliphatic heterocycles. The lowest BCUT2D eigenvalue weighted by Gasteiger charge is -2.68. The minimum atomic E-state index is -0.740. The number of furan rings is 1. The van der Waals surface area contributed by atoms with Crippen LogP contribution < -0.4 is 0 Å². The van der Waals surface area contributed by atoms with E-state index in [0.717, 1.165) is 18.4 Å². The summed E-state index contributed by atoms with van der Waals surface area (Å²) in [4.78, 5) is 40.1. The van der Waals surface area contributed by atoms with E-state index in [0.29, 0.717) is 25.9 Å². The van der Waals surface area contributed by atoms with Crippen LogP contribution in [0.2, 0.25) is 0 Å². The molecule has 0 unspecified atom stereocenters. The fourth-order valence-corrected chi connectivity index (χ4v) is 10.1. The second-order valence-electron chi connectivity index (χ2n) is 13.2. The van der Waals surface area contributed by atoms with E-state index in [9.17, 15) is 14.4 Å². The quantitative estimate of drug-likeness (QED) is 0.528. The SMILES string of the molecule is CC(=O)O[C@H]1CCOC(C)(C)[C@@H]2CC(=O)[C@]3(C)[C@H](CC[C@@]4(C)[C@H](c5ccoc5)OC(=O)[C@H]5C[C@]543)[C@@]12C. The lowest BCUT2D eigenvalue weighted by Crippen LogP contribution is -2.69. The highest BCUT2D eigenvalue weighted by atomic mass is 16.6. The summed E-state index contributed by atoms with van der Waals surface area (Å²) < 4.78 is 23.8. The maximum Gasteiger partial charge on any atom is 0.310 e. The van der Waals surface area contributed by atoms with Crippen molar-refractivity contribution in [2.24, 2.45) is 39.4 Å². The maximum absolute atomic E-state index is 14.5. The van der Waals surface area contributed by atoms with E-state index in [2.05, 4.69) is 34.6 Å². The Balaban J connectivity index is 1.52. The van der Waals surface area contributed by atoms with Gasteiger partial charge in [0.1, 0.15) is 18.0 Å². The van der Waals surface area contributed by atoms with Gasteiger partial charge in [-0.3, -0.25) is 14.4 Å². The largest absolute Gasteiger partial charge is 0.472 e. The molecular formula is C29H38O7. The highest BCUT2D eigenvalue weighted by Crippen LogP contribution is 2.85. The molecule has 1 aromatic rings. The number of carbonyl (C=O) groups is 3. The molecule has 5 fully saturated rings. The Labute approximate surface area is 212 Å². The molecule has 2 saturated heterocycles. The number of carbonyl (C=O) groups excluding carboxylic acids is 3. The molecule has 7 nitrogen and oxygen atoms in total. The first-order valence-electron chi connectivity index (χ1n) is 13.4. The van der Waals surface area contributed by atoms with E-state index >= 15 is 0 Å². The summed E-state index contributed by atoms with van der Waals surface area (Å²) >= 11 is 0. The van der Waals surface area contributed by atoms with E-state index in [4.69, 9.17) is 18.6 Å². The Bertz CT molecular complexity index is 1120. The highest BCUT2D eigenvalue weighted by Gasteiger charge is 2.86. The van der Waals surface area contributed by atoms with E-state index in [-0.39, 0.29) is 41.6 Å². The standard InChI is InChI=1S/C29H38O7/c1-16(30)35-22-9-12-34-25(2,3)20-13-21(31)28(6)19(27(20,22)5)7-10-26(4)23(17-8-11-33-15-17)36-24(32)18-14-29(18,26)28/h8,11,15,18-20,22-23H,7,9-10,12-14H2,1-6H3/t18-,19-,20+,22+,23+,26+,27-,28+,29+/m1/s1. The fraction of sp³-hybridized carbons (Fsp3) is 0.759. The fourth-order valence-electron chi connectivity index (χ4n) is 10.1. The molecule has 3 aliphatic carbocycles. The van der Waals surface area contributed by atoms with Gasteiger partial charge in [-0.2, -0.15) is 0 Å².